The Morgan fingerprint density at radius 3 is 2.58 bits per heavy atom. The summed E-state index contributed by atoms with van der Waals surface area (Å²) in [6, 6.07) is 11.8. The largest absolute Gasteiger partial charge is 0.342 e. The molecule has 3 rings (SSSR count). The number of aryl methyl sites for hydroxylation is 1. The summed E-state index contributed by atoms with van der Waals surface area (Å²) in [6.07, 6.45) is 1.70. The molecule has 0 aliphatic rings. The van der Waals surface area contributed by atoms with Crippen LogP contribution in [0.15, 0.2) is 60.3 Å². The van der Waals surface area contributed by atoms with Crippen LogP contribution in [0.1, 0.15) is 34.7 Å². The highest BCUT2D eigenvalue weighted by Crippen LogP contribution is 2.24. The molecule has 1 heterocycles. The van der Waals surface area contributed by atoms with Crippen molar-refractivity contribution >= 4 is 52.5 Å². The zero-order valence-corrected chi connectivity index (χ0v) is 20.5. The lowest BCUT2D eigenvalue weighted by atomic mass is 10.2. The van der Waals surface area contributed by atoms with Crippen molar-refractivity contribution in [2.24, 2.45) is 0 Å². The Morgan fingerprint density at radius 2 is 1.91 bits per heavy atom. The lowest BCUT2D eigenvalue weighted by Gasteiger charge is -2.16. The fourth-order valence-corrected chi connectivity index (χ4v) is 4.25. The Morgan fingerprint density at radius 1 is 1.18 bits per heavy atom. The second kappa shape index (κ2) is 11.4. The van der Waals surface area contributed by atoms with Gasteiger partial charge in [0.1, 0.15) is 0 Å². The van der Waals surface area contributed by atoms with Crippen molar-refractivity contribution in [1.82, 2.24) is 20.1 Å². The average molecular weight is 504 g/mol. The molecule has 0 radical (unpaired) electrons. The van der Waals surface area contributed by atoms with Gasteiger partial charge in [-0.1, -0.05) is 58.7 Å². The van der Waals surface area contributed by atoms with Crippen LogP contribution < -0.4 is 10.6 Å². The van der Waals surface area contributed by atoms with Gasteiger partial charge >= 0.3 is 0 Å². The fourth-order valence-electron chi connectivity index (χ4n) is 3.00. The van der Waals surface area contributed by atoms with Crippen LogP contribution in [-0.2, 0) is 11.3 Å². The Labute approximate surface area is 206 Å². The van der Waals surface area contributed by atoms with Crippen molar-refractivity contribution in [3.8, 4) is 0 Å². The minimum absolute atomic E-state index is 0.155. The van der Waals surface area contributed by atoms with Crippen LogP contribution in [0.5, 0.6) is 0 Å². The summed E-state index contributed by atoms with van der Waals surface area (Å²) in [5, 5.41) is 15.4. The van der Waals surface area contributed by atoms with Crippen LogP contribution in [0.4, 0.5) is 5.69 Å². The third kappa shape index (κ3) is 6.60. The maximum absolute atomic E-state index is 12.7. The van der Waals surface area contributed by atoms with E-state index in [1.54, 1.807) is 25.1 Å². The van der Waals surface area contributed by atoms with Crippen molar-refractivity contribution in [3.63, 3.8) is 0 Å². The Hall–Kier alpha value is -2.81. The quantitative estimate of drug-likeness (QED) is 0.305. The number of carbonyl (C=O) groups excluding carboxylic acids is 2. The number of nitrogens with one attached hydrogen (secondary N) is 2. The molecule has 2 amide bonds. The normalized spacial score (nSPS) is 11.6. The third-order valence-corrected chi connectivity index (χ3v) is 6.15. The molecule has 0 aliphatic carbocycles. The van der Waals surface area contributed by atoms with Crippen LogP contribution in [0.25, 0.3) is 0 Å². The maximum Gasteiger partial charge on any atom is 0.253 e. The number of benzene rings is 2. The zero-order valence-electron chi connectivity index (χ0n) is 18.1. The molecule has 172 valence electrons. The standard InChI is InChI=1S/C23H23Cl2N5O2S/c1-4-11-30-21(15(3)26-22(32)18-10-7-16(24)12-19(18)25)28-29-23(30)33-13-20(31)27-17-8-5-14(2)6-9-17/h4-10,12,15H,1,11,13H2,2-3H3,(H,26,32)(H,27,31)/t15-/m0/s1. The van der Waals surface area contributed by atoms with Crippen LogP contribution in [0, 0.1) is 6.92 Å². The number of nitrogens with zero attached hydrogens (tertiary/aromatic N) is 3. The lowest BCUT2D eigenvalue weighted by molar-refractivity contribution is -0.113. The van der Waals surface area contributed by atoms with E-state index in [0.717, 1.165) is 11.3 Å². The summed E-state index contributed by atoms with van der Waals surface area (Å²) in [7, 11) is 0. The van der Waals surface area contributed by atoms with E-state index in [1.807, 2.05) is 35.8 Å². The highest BCUT2D eigenvalue weighted by atomic mass is 35.5. The van der Waals surface area contributed by atoms with Gasteiger partial charge in [-0.25, -0.2) is 0 Å². The van der Waals surface area contributed by atoms with E-state index < -0.39 is 6.04 Å². The number of hydrogen-bond donors (Lipinski definition) is 2. The lowest BCUT2D eigenvalue weighted by Crippen LogP contribution is -2.29. The van der Waals surface area contributed by atoms with E-state index in [0.29, 0.717) is 28.1 Å². The summed E-state index contributed by atoms with van der Waals surface area (Å²) >= 11 is 13.3. The van der Waals surface area contributed by atoms with Gasteiger partial charge in [0.2, 0.25) is 5.91 Å². The molecule has 0 bridgehead atoms. The van der Waals surface area contributed by atoms with Gasteiger partial charge in [0.05, 0.1) is 22.4 Å². The molecule has 0 saturated carbocycles. The molecule has 2 aromatic carbocycles. The molecule has 10 heteroatoms. The number of carbonyl (C=O) groups is 2. The van der Waals surface area contributed by atoms with Crippen molar-refractivity contribution in [1.29, 1.82) is 0 Å². The monoisotopic (exact) mass is 503 g/mol. The Balaban J connectivity index is 1.67. The van der Waals surface area contributed by atoms with E-state index in [-0.39, 0.29) is 22.6 Å². The number of hydrogen-bond acceptors (Lipinski definition) is 5. The number of amides is 2. The summed E-state index contributed by atoms with van der Waals surface area (Å²) in [6.45, 7) is 7.98. The van der Waals surface area contributed by atoms with Gasteiger partial charge in [0, 0.05) is 17.3 Å². The number of rotatable bonds is 9. The van der Waals surface area contributed by atoms with Gasteiger partial charge in [-0.05, 0) is 44.2 Å². The van der Waals surface area contributed by atoms with Crippen LogP contribution in [0.3, 0.4) is 0 Å². The van der Waals surface area contributed by atoms with E-state index in [9.17, 15) is 9.59 Å². The molecule has 0 unspecified atom stereocenters. The Bertz CT molecular complexity index is 1160. The molecule has 33 heavy (non-hydrogen) atoms. The van der Waals surface area contributed by atoms with Gasteiger partial charge < -0.3 is 15.2 Å². The SMILES string of the molecule is C=CCn1c(SCC(=O)Nc2ccc(C)cc2)nnc1[C@H](C)NC(=O)c1ccc(Cl)cc1Cl. The van der Waals surface area contributed by atoms with Crippen LogP contribution >= 0.6 is 35.0 Å². The first kappa shape index (κ1) is 24.8. The fraction of sp³-hybridized carbons (Fsp3) is 0.217. The second-order valence-corrected chi connectivity index (χ2v) is 9.05. The molecule has 3 aromatic rings. The van der Waals surface area contributed by atoms with Crippen molar-refractivity contribution in [2.45, 2.75) is 31.6 Å². The number of allylic oxidation sites excluding steroid dienone is 1. The van der Waals surface area contributed by atoms with Gasteiger partial charge in [-0.15, -0.1) is 16.8 Å². The highest BCUT2D eigenvalue weighted by molar-refractivity contribution is 7.99. The Kier molecular flexibility index (Phi) is 8.55. The summed E-state index contributed by atoms with van der Waals surface area (Å²) in [5.74, 6) is 0.181. The topological polar surface area (TPSA) is 88.9 Å². The molecule has 0 fully saturated rings. The van der Waals surface area contributed by atoms with Crippen molar-refractivity contribution in [3.05, 3.63) is 82.1 Å². The number of thioether (sulfide) groups is 1. The van der Waals surface area contributed by atoms with E-state index >= 15 is 0 Å². The predicted octanol–water partition coefficient (Wildman–Crippen LogP) is 5.30. The van der Waals surface area contributed by atoms with Crippen molar-refractivity contribution in [2.75, 3.05) is 11.1 Å². The van der Waals surface area contributed by atoms with Gasteiger partial charge in [0.25, 0.3) is 5.91 Å². The number of aromatic nitrogens is 3. The molecular formula is C23H23Cl2N5O2S. The first-order chi connectivity index (χ1) is 15.8. The first-order valence-corrected chi connectivity index (χ1v) is 11.8. The molecule has 2 N–H and O–H groups in total. The number of anilines is 1. The van der Waals surface area contributed by atoms with Crippen molar-refractivity contribution < 1.29 is 9.59 Å². The van der Waals surface area contributed by atoms with E-state index in [4.69, 9.17) is 23.2 Å². The van der Waals surface area contributed by atoms with Crippen LogP contribution in [-0.4, -0.2) is 32.3 Å². The predicted molar refractivity (Wildman–Crippen MR) is 133 cm³/mol. The zero-order chi connectivity index (χ0) is 24.0. The molecule has 7 nitrogen and oxygen atoms in total. The summed E-state index contributed by atoms with van der Waals surface area (Å²) < 4.78 is 1.81. The van der Waals surface area contributed by atoms with Crippen LogP contribution in [0.2, 0.25) is 10.0 Å². The molecule has 0 saturated heterocycles. The summed E-state index contributed by atoms with van der Waals surface area (Å²) in [5.41, 5.74) is 2.16. The average Bonchev–Trinajstić information content (AvgIpc) is 3.17. The first-order valence-electron chi connectivity index (χ1n) is 10.1. The van der Waals surface area contributed by atoms with E-state index in [1.165, 1.54) is 17.8 Å². The molecule has 1 aromatic heterocycles. The molecule has 1 atom stereocenters. The highest BCUT2D eigenvalue weighted by Gasteiger charge is 2.21. The van der Waals surface area contributed by atoms with Gasteiger partial charge in [-0.3, -0.25) is 9.59 Å². The van der Waals surface area contributed by atoms with Gasteiger partial charge in [-0.2, -0.15) is 0 Å². The third-order valence-electron chi connectivity index (χ3n) is 4.64. The van der Waals surface area contributed by atoms with Gasteiger partial charge in [0.15, 0.2) is 11.0 Å². The number of halogens is 2. The molecule has 0 spiro atoms. The smallest absolute Gasteiger partial charge is 0.253 e. The maximum atomic E-state index is 12.7. The van der Waals surface area contributed by atoms with E-state index in [2.05, 4.69) is 27.4 Å². The minimum atomic E-state index is -0.465. The summed E-state index contributed by atoms with van der Waals surface area (Å²) in [4.78, 5) is 25.0. The molecule has 0 aliphatic heterocycles. The molecular weight excluding hydrogens is 481 g/mol. The second-order valence-electron chi connectivity index (χ2n) is 7.26. The minimum Gasteiger partial charge on any atom is -0.342 e.